The highest BCUT2D eigenvalue weighted by atomic mass is 127. The molecule has 0 aromatic rings. The minimum absolute atomic E-state index is 0.0492. The van der Waals surface area contributed by atoms with Crippen molar-refractivity contribution in [1.29, 1.82) is 0 Å². The maximum atomic E-state index is 11.5. The summed E-state index contributed by atoms with van der Waals surface area (Å²) in [4.78, 5) is 11.5. The fourth-order valence-electron chi connectivity index (χ4n) is 7.94. The Hall–Kier alpha value is 0.250. The van der Waals surface area contributed by atoms with Crippen LogP contribution in [0.15, 0.2) is 11.6 Å². The summed E-state index contributed by atoms with van der Waals surface area (Å²) < 4.78 is 10.7. The first-order valence-electron chi connectivity index (χ1n) is 11.6. The van der Waals surface area contributed by atoms with Crippen LogP contribution in [0, 0.1) is 34.5 Å². The highest BCUT2D eigenvalue weighted by Gasteiger charge is 2.58. The van der Waals surface area contributed by atoms with Crippen LogP contribution in [-0.4, -0.2) is 19.2 Å². The minimum Gasteiger partial charge on any atom is -0.469 e. The van der Waals surface area contributed by atoms with E-state index in [0.717, 1.165) is 36.5 Å². The normalized spacial score (nSPS) is 43.7. The maximum absolute atomic E-state index is 11.5. The number of fused-ring (bicyclic) bond motifs is 5. The maximum Gasteiger partial charge on any atom is 0.305 e. The van der Waals surface area contributed by atoms with Gasteiger partial charge in [-0.15, -0.1) is 0 Å². The second-order valence-corrected chi connectivity index (χ2v) is 12.0. The first-order valence-corrected chi connectivity index (χ1v) is 14.9. The summed E-state index contributed by atoms with van der Waals surface area (Å²) in [6.07, 6.45) is 16.3. The van der Waals surface area contributed by atoms with Gasteiger partial charge in [0.25, 0.3) is 0 Å². The van der Waals surface area contributed by atoms with Crippen LogP contribution >= 0.6 is 30.4 Å². The molecule has 0 saturated heterocycles. The van der Waals surface area contributed by atoms with Crippen molar-refractivity contribution in [3.05, 3.63) is 11.6 Å². The fourth-order valence-corrected chi connectivity index (χ4v) is 9.09. The molecule has 164 valence electrons. The van der Waals surface area contributed by atoms with Crippen LogP contribution in [0.3, 0.4) is 0 Å². The van der Waals surface area contributed by atoms with Crippen molar-refractivity contribution in [3.8, 4) is 0 Å². The number of rotatable bonds is 6. The third-order valence-corrected chi connectivity index (χ3v) is 10.6. The van der Waals surface area contributed by atoms with Gasteiger partial charge in [0.1, 0.15) is 0 Å². The number of halogens is 1. The Morgan fingerprint density at radius 1 is 1.21 bits per heavy atom. The van der Waals surface area contributed by atoms with Crippen LogP contribution in [0.25, 0.3) is 0 Å². The third-order valence-electron chi connectivity index (χ3n) is 9.59. The van der Waals surface area contributed by atoms with Crippen LogP contribution in [0.4, 0.5) is 0 Å². The van der Waals surface area contributed by atoms with Crippen LogP contribution in [0.5, 0.6) is 0 Å². The van der Waals surface area contributed by atoms with E-state index in [9.17, 15) is 4.79 Å². The van der Waals surface area contributed by atoms with Crippen molar-refractivity contribution < 1.29 is 13.7 Å². The Kier molecular flexibility index (Phi) is 6.97. The van der Waals surface area contributed by atoms with Gasteiger partial charge in [-0.3, -0.25) is 4.79 Å². The second kappa shape index (κ2) is 9.01. The molecular formula is C24H37IO3S. The molecule has 7 atom stereocenters. The zero-order valence-corrected chi connectivity index (χ0v) is 21.2. The van der Waals surface area contributed by atoms with Gasteiger partial charge < -0.3 is 8.92 Å². The van der Waals surface area contributed by atoms with Crippen molar-refractivity contribution in [2.75, 3.05) is 7.11 Å². The van der Waals surface area contributed by atoms with E-state index >= 15 is 0 Å². The van der Waals surface area contributed by atoms with Crippen LogP contribution < -0.4 is 0 Å². The quantitative estimate of drug-likeness (QED) is 0.156. The minimum atomic E-state index is -0.0492. The topological polar surface area (TPSA) is 35.5 Å². The molecule has 4 rings (SSSR count). The lowest BCUT2D eigenvalue weighted by Gasteiger charge is -2.58. The van der Waals surface area contributed by atoms with Gasteiger partial charge in [-0.2, -0.15) is 0 Å². The third kappa shape index (κ3) is 4.06. The number of carbonyl (C=O) groups excluding carboxylic acids is 1. The van der Waals surface area contributed by atoms with E-state index in [2.05, 4.69) is 41.1 Å². The smallest absolute Gasteiger partial charge is 0.305 e. The Bertz CT molecular complexity index is 652. The van der Waals surface area contributed by atoms with Crippen LogP contribution in [0.1, 0.15) is 84.5 Å². The van der Waals surface area contributed by atoms with Crippen molar-refractivity contribution >= 4 is 36.4 Å². The molecule has 0 amide bonds. The van der Waals surface area contributed by atoms with E-state index in [4.69, 9.17) is 8.92 Å². The summed E-state index contributed by atoms with van der Waals surface area (Å²) in [6.45, 7) is 5.17. The van der Waals surface area contributed by atoms with Crippen LogP contribution in [-0.2, 0) is 13.7 Å². The first-order chi connectivity index (χ1) is 13.9. The van der Waals surface area contributed by atoms with E-state index in [1.807, 2.05) is 0 Å². The summed E-state index contributed by atoms with van der Waals surface area (Å²) in [7, 11) is 3.01. The Balaban J connectivity index is 1.46. The van der Waals surface area contributed by atoms with Gasteiger partial charge in [0.2, 0.25) is 0 Å². The molecule has 0 radical (unpaired) electrons. The summed E-state index contributed by atoms with van der Waals surface area (Å²) >= 11 is 2.26. The van der Waals surface area contributed by atoms with Gasteiger partial charge in [0, 0.05) is 27.6 Å². The molecule has 0 aliphatic heterocycles. The molecule has 7 unspecified atom stereocenters. The number of methoxy groups -OCH3 is 1. The SMILES string of the molecule is COC(=O)CCCC1CCC2C3CC=C4CC(OSI)CCC4(C)C3CCC12C. The number of esters is 1. The summed E-state index contributed by atoms with van der Waals surface area (Å²) in [5.41, 5.74) is 2.59. The number of ether oxygens (including phenoxy) is 1. The van der Waals surface area contributed by atoms with E-state index < -0.39 is 0 Å². The van der Waals surface area contributed by atoms with Crippen molar-refractivity contribution in [3.63, 3.8) is 0 Å². The predicted octanol–water partition coefficient (Wildman–Crippen LogP) is 7.29. The lowest BCUT2D eigenvalue weighted by Crippen LogP contribution is -2.50. The van der Waals surface area contributed by atoms with Crippen molar-refractivity contribution in [2.45, 2.75) is 90.6 Å². The predicted molar refractivity (Wildman–Crippen MR) is 128 cm³/mol. The van der Waals surface area contributed by atoms with Gasteiger partial charge in [-0.1, -0.05) is 25.5 Å². The Labute approximate surface area is 193 Å². The molecule has 5 heteroatoms. The van der Waals surface area contributed by atoms with E-state index in [-0.39, 0.29) is 5.97 Å². The molecule has 0 spiro atoms. The van der Waals surface area contributed by atoms with Gasteiger partial charge in [0.15, 0.2) is 0 Å². The Morgan fingerprint density at radius 3 is 2.79 bits per heavy atom. The molecule has 4 aliphatic rings. The average Bonchev–Trinajstić information content (AvgIpc) is 3.05. The van der Waals surface area contributed by atoms with E-state index in [1.54, 1.807) is 5.57 Å². The zero-order valence-electron chi connectivity index (χ0n) is 18.3. The molecular weight excluding hydrogens is 495 g/mol. The van der Waals surface area contributed by atoms with Gasteiger partial charge in [-0.25, -0.2) is 0 Å². The Morgan fingerprint density at radius 2 is 2.03 bits per heavy atom. The zero-order chi connectivity index (χ0) is 20.6. The number of allylic oxidation sites excluding steroid dienone is 1. The molecule has 0 aromatic heterocycles. The molecule has 0 aromatic carbocycles. The van der Waals surface area contributed by atoms with E-state index in [0.29, 0.717) is 23.4 Å². The summed E-state index contributed by atoms with van der Waals surface area (Å²) in [5.74, 6) is 3.35. The van der Waals surface area contributed by atoms with Crippen molar-refractivity contribution in [1.82, 2.24) is 0 Å². The highest BCUT2D eigenvalue weighted by Crippen LogP contribution is 2.66. The molecule has 4 aliphatic carbocycles. The lowest BCUT2D eigenvalue weighted by molar-refractivity contribution is -0.140. The number of hydrogen-bond acceptors (Lipinski definition) is 4. The highest BCUT2D eigenvalue weighted by molar-refractivity contribution is 14.2. The van der Waals surface area contributed by atoms with Gasteiger partial charge in [-0.05, 0) is 98.7 Å². The number of hydrogen-bond donors (Lipinski definition) is 0. The fraction of sp³-hybridized carbons (Fsp3) is 0.875. The molecule has 3 saturated carbocycles. The average molecular weight is 533 g/mol. The van der Waals surface area contributed by atoms with Gasteiger partial charge >= 0.3 is 5.97 Å². The monoisotopic (exact) mass is 532 g/mol. The van der Waals surface area contributed by atoms with Crippen LogP contribution in [0.2, 0.25) is 0 Å². The van der Waals surface area contributed by atoms with Gasteiger partial charge in [0.05, 0.1) is 22.4 Å². The summed E-state index contributed by atoms with van der Waals surface area (Å²) in [5, 5.41) is 0. The second-order valence-electron chi connectivity index (χ2n) is 10.6. The molecule has 0 heterocycles. The van der Waals surface area contributed by atoms with Crippen molar-refractivity contribution in [2.24, 2.45) is 34.5 Å². The lowest BCUT2D eigenvalue weighted by atomic mass is 9.47. The summed E-state index contributed by atoms with van der Waals surface area (Å²) in [6, 6.07) is 0. The molecule has 0 N–H and O–H groups in total. The first kappa shape index (κ1) is 22.4. The number of carbonyl (C=O) groups is 1. The molecule has 0 bridgehead atoms. The standard InChI is InChI=1S/C24H37IO3S/c1-23-14-12-21-19(20(23)10-8-16(23)5-4-6-22(26)27-3)9-7-17-15-18(28-29-25)11-13-24(17,21)2/h7,16,18-21H,4-6,8-15H2,1-3H3. The largest absolute Gasteiger partial charge is 0.469 e. The molecule has 3 nitrogen and oxygen atoms in total. The molecule has 3 fully saturated rings. The van der Waals surface area contributed by atoms with E-state index in [1.165, 1.54) is 67.7 Å². The molecule has 29 heavy (non-hydrogen) atoms.